The van der Waals surface area contributed by atoms with Gasteiger partial charge in [-0.05, 0) is 55.9 Å². The Morgan fingerprint density at radius 3 is 2.17 bits per heavy atom. The van der Waals surface area contributed by atoms with E-state index in [9.17, 15) is 24.0 Å². The first-order chi connectivity index (χ1) is 19.9. The zero-order valence-corrected chi connectivity index (χ0v) is 23.3. The average Bonchev–Trinajstić information content (AvgIpc) is 3.47. The maximum atomic E-state index is 13.9. The van der Waals surface area contributed by atoms with Gasteiger partial charge in [0.2, 0.25) is 23.6 Å². The molecule has 0 saturated carbocycles. The SMILES string of the molecule is CCOc1ccc(C[C@@H]2NC(=O)[C@H](CCCC=O)NC(=O)[C@H]3CCCN3C(=O)[C@H](Cc3ccccc3)NC2=O)cc1. The van der Waals surface area contributed by atoms with Gasteiger partial charge in [-0.15, -0.1) is 0 Å². The summed E-state index contributed by atoms with van der Waals surface area (Å²) < 4.78 is 5.51. The molecule has 2 heterocycles. The lowest BCUT2D eigenvalue weighted by Crippen LogP contribution is -2.61. The molecule has 0 radical (unpaired) electrons. The number of ether oxygens (including phenoxy) is 1. The zero-order chi connectivity index (χ0) is 29.2. The van der Waals surface area contributed by atoms with Crippen LogP contribution >= 0.6 is 0 Å². The molecule has 2 saturated heterocycles. The van der Waals surface area contributed by atoms with Crippen molar-refractivity contribution in [3.8, 4) is 5.75 Å². The summed E-state index contributed by atoms with van der Waals surface area (Å²) in [6, 6.07) is 13.0. The monoisotopic (exact) mass is 562 g/mol. The molecule has 2 aliphatic rings. The minimum absolute atomic E-state index is 0.164. The minimum Gasteiger partial charge on any atom is -0.494 e. The van der Waals surface area contributed by atoms with Crippen molar-refractivity contribution in [3.05, 3.63) is 65.7 Å². The van der Waals surface area contributed by atoms with Crippen LogP contribution in [0.25, 0.3) is 0 Å². The second-order valence-corrected chi connectivity index (χ2v) is 10.4. The Morgan fingerprint density at radius 1 is 0.829 bits per heavy atom. The van der Waals surface area contributed by atoms with Crippen LogP contribution in [0.15, 0.2) is 54.6 Å². The van der Waals surface area contributed by atoms with Crippen LogP contribution in [0.5, 0.6) is 5.75 Å². The van der Waals surface area contributed by atoms with E-state index < -0.39 is 41.9 Å². The summed E-state index contributed by atoms with van der Waals surface area (Å²) in [5.74, 6) is -1.04. The molecule has 2 aliphatic heterocycles. The Morgan fingerprint density at radius 2 is 1.46 bits per heavy atom. The molecule has 4 rings (SSSR count). The van der Waals surface area contributed by atoms with Crippen molar-refractivity contribution in [1.29, 1.82) is 0 Å². The van der Waals surface area contributed by atoms with E-state index in [0.29, 0.717) is 38.2 Å². The molecule has 0 aliphatic carbocycles. The minimum atomic E-state index is -1.01. The summed E-state index contributed by atoms with van der Waals surface area (Å²) in [5, 5.41) is 8.53. The van der Waals surface area contributed by atoms with E-state index in [4.69, 9.17) is 4.74 Å². The molecule has 41 heavy (non-hydrogen) atoms. The smallest absolute Gasteiger partial charge is 0.246 e. The number of amides is 4. The Hall–Kier alpha value is -4.21. The van der Waals surface area contributed by atoms with E-state index in [1.165, 1.54) is 4.90 Å². The molecule has 3 N–H and O–H groups in total. The van der Waals surface area contributed by atoms with Crippen LogP contribution in [0.1, 0.15) is 50.2 Å². The van der Waals surface area contributed by atoms with Gasteiger partial charge >= 0.3 is 0 Å². The van der Waals surface area contributed by atoms with Gasteiger partial charge in [-0.1, -0.05) is 42.5 Å². The van der Waals surface area contributed by atoms with Crippen molar-refractivity contribution in [3.63, 3.8) is 0 Å². The summed E-state index contributed by atoms with van der Waals surface area (Å²) in [4.78, 5) is 66.9. The van der Waals surface area contributed by atoms with Crippen LogP contribution in [0, 0.1) is 0 Å². The lowest BCUT2D eigenvalue weighted by molar-refractivity contribution is -0.143. The number of aldehydes is 1. The number of carbonyl (C=O) groups excluding carboxylic acids is 5. The highest BCUT2D eigenvalue weighted by atomic mass is 16.5. The van der Waals surface area contributed by atoms with E-state index in [2.05, 4.69) is 16.0 Å². The number of carbonyl (C=O) groups is 5. The lowest BCUT2D eigenvalue weighted by atomic mass is 10.00. The molecule has 2 aromatic carbocycles. The van der Waals surface area contributed by atoms with Crippen LogP contribution in [-0.4, -0.2) is 72.1 Å². The quantitative estimate of drug-likeness (QED) is 0.298. The predicted octanol–water partition coefficient (Wildman–Crippen LogP) is 1.70. The fourth-order valence-electron chi connectivity index (χ4n) is 5.37. The fraction of sp³-hybridized carbons (Fsp3) is 0.452. The highest BCUT2D eigenvalue weighted by molar-refractivity contribution is 5.98. The van der Waals surface area contributed by atoms with Crippen LogP contribution in [0.4, 0.5) is 0 Å². The summed E-state index contributed by atoms with van der Waals surface area (Å²) in [7, 11) is 0. The maximum absolute atomic E-state index is 13.9. The van der Waals surface area contributed by atoms with Gasteiger partial charge < -0.3 is 30.4 Å². The fourth-order valence-corrected chi connectivity index (χ4v) is 5.37. The number of rotatable bonds is 10. The normalized spacial score (nSPS) is 23.4. The summed E-state index contributed by atoms with van der Waals surface area (Å²) in [6.45, 7) is 2.79. The van der Waals surface area contributed by atoms with E-state index in [0.717, 1.165) is 17.4 Å². The predicted molar refractivity (Wildman–Crippen MR) is 152 cm³/mol. The Kier molecular flexibility index (Phi) is 10.5. The largest absolute Gasteiger partial charge is 0.494 e. The molecule has 2 fully saturated rings. The first-order valence-electron chi connectivity index (χ1n) is 14.3. The van der Waals surface area contributed by atoms with Gasteiger partial charge in [0.05, 0.1) is 6.61 Å². The highest BCUT2D eigenvalue weighted by Crippen LogP contribution is 2.21. The number of hydrogen-bond acceptors (Lipinski definition) is 6. The molecular formula is C31H38N4O6. The van der Waals surface area contributed by atoms with Gasteiger partial charge in [0.15, 0.2) is 0 Å². The molecule has 0 spiro atoms. The van der Waals surface area contributed by atoms with Crippen molar-refractivity contribution in [2.75, 3.05) is 13.2 Å². The lowest BCUT2D eigenvalue weighted by Gasteiger charge is -2.32. The number of unbranched alkanes of at least 4 members (excludes halogenated alkanes) is 1. The van der Waals surface area contributed by atoms with Gasteiger partial charge in [0.25, 0.3) is 0 Å². The van der Waals surface area contributed by atoms with Crippen LogP contribution in [0.2, 0.25) is 0 Å². The first kappa shape index (κ1) is 29.8. The number of benzene rings is 2. The molecule has 0 bridgehead atoms. The number of fused-ring (bicyclic) bond motifs is 1. The van der Waals surface area contributed by atoms with Crippen LogP contribution < -0.4 is 20.7 Å². The number of hydrogen-bond donors (Lipinski definition) is 3. The summed E-state index contributed by atoms with van der Waals surface area (Å²) in [6.07, 6.45) is 3.14. The van der Waals surface area contributed by atoms with Crippen LogP contribution in [0.3, 0.4) is 0 Å². The van der Waals surface area contributed by atoms with Gasteiger partial charge in [-0.3, -0.25) is 19.2 Å². The Bertz CT molecular complexity index is 1220. The average molecular weight is 563 g/mol. The van der Waals surface area contributed by atoms with Gasteiger partial charge in [0.1, 0.15) is 36.2 Å². The van der Waals surface area contributed by atoms with E-state index in [1.807, 2.05) is 49.4 Å². The van der Waals surface area contributed by atoms with Crippen molar-refractivity contribution in [1.82, 2.24) is 20.9 Å². The second-order valence-electron chi connectivity index (χ2n) is 10.4. The standard InChI is InChI=1S/C31H38N4O6/c1-2-41-23-15-13-22(14-16-23)19-25-29(38)34-26(20-21-9-4-3-5-10-21)31(40)35-17-8-12-27(35)30(39)32-24(28(37)33-25)11-6-7-18-36/h3-5,9-10,13-16,18,24-27H,2,6-8,11-12,17,19-20H2,1H3,(H,32,39)(H,33,37)(H,34,38)/t24-,25-,26-,27+/m0/s1. The van der Waals surface area contributed by atoms with Crippen molar-refractivity contribution < 1.29 is 28.7 Å². The zero-order valence-electron chi connectivity index (χ0n) is 23.3. The molecule has 10 nitrogen and oxygen atoms in total. The summed E-state index contributed by atoms with van der Waals surface area (Å²) in [5.41, 5.74) is 1.65. The molecule has 2 aromatic rings. The summed E-state index contributed by atoms with van der Waals surface area (Å²) >= 11 is 0. The topological polar surface area (TPSA) is 134 Å². The van der Waals surface area contributed by atoms with E-state index in [1.54, 1.807) is 12.1 Å². The van der Waals surface area contributed by atoms with E-state index >= 15 is 0 Å². The molecule has 0 unspecified atom stereocenters. The molecule has 4 amide bonds. The van der Waals surface area contributed by atoms with Gasteiger partial charge in [0, 0.05) is 25.8 Å². The third-order valence-electron chi connectivity index (χ3n) is 7.49. The molecular weight excluding hydrogens is 524 g/mol. The molecule has 0 aromatic heterocycles. The van der Waals surface area contributed by atoms with Crippen molar-refractivity contribution >= 4 is 29.9 Å². The van der Waals surface area contributed by atoms with Gasteiger partial charge in [-0.25, -0.2) is 0 Å². The Labute approximate surface area is 240 Å². The number of nitrogens with zero attached hydrogens (tertiary/aromatic N) is 1. The third-order valence-corrected chi connectivity index (χ3v) is 7.49. The van der Waals surface area contributed by atoms with Crippen LogP contribution in [-0.2, 0) is 36.8 Å². The van der Waals surface area contributed by atoms with E-state index in [-0.39, 0.29) is 31.6 Å². The highest BCUT2D eigenvalue weighted by Gasteiger charge is 2.40. The molecule has 10 heteroatoms. The second kappa shape index (κ2) is 14.4. The Balaban J connectivity index is 1.65. The first-order valence-corrected chi connectivity index (χ1v) is 14.3. The van der Waals surface area contributed by atoms with Crippen molar-refractivity contribution in [2.24, 2.45) is 0 Å². The molecule has 218 valence electrons. The third kappa shape index (κ3) is 7.93. The number of nitrogens with one attached hydrogen (secondary N) is 3. The molecule has 4 atom stereocenters. The van der Waals surface area contributed by atoms with Gasteiger partial charge in [-0.2, -0.15) is 0 Å². The maximum Gasteiger partial charge on any atom is 0.246 e. The van der Waals surface area contributed by atoms with Crippen molar-refractivity contribution in [2.45, 2.75) is 76.0 Å².